The van der Waals surface area contributed by atoms with Crippen LogP contribution in [0.5, 0.6) is 0 Å². The van der Waals surface area contributed by atoms with E-state index in [1.165, 1.54) is 0 Å². The second-order valence-corrected chi connectivity index (χ2v) is 5.11. The van der Waals surface area contributed by atoms with Crippen molar-refractivity contribution in [1.29, 1.82) is 0 Å². The summed E-state index contributed by atoms with van der Waals surface area (Å²) in [6, 6.07) is 5.91. The number of pyridine rings is 1. The average molecular weight is 259 g/mol. The molecule has 5 nitrogen and oxygen atoms in total. The number of rotatable bonds is 3. The summed E-state index contributed by atoms with van der Waals surface area (Å²) in [5.74, 6) is -0.912. The third-order valence-electron chi connectivity index (χ3n) is 3.65. The zero-order chi connectivity index (χ0) is 13.2. The van der Waals surface area contributed by atoms with Crippen LogP contribution in [-0.4, -0.2) is 38.4 Å². The summed E-state index contributed by atoms with van der Waals surface area (Å²) in [6.45, 7) is 2.31. The van der Waals surface area contributed by atoms with Gasteiger partial charge in [0.15, 0.2) is 0 Å². The molecule has 1 aliphatic heterocycles. The summed E-state index contributed by atoms with van der Waals surface area (Å²) >= 11 is 0. The van der Waals surface area contributed by atoms with E-state index in [4.69, 9.17) is 5.11 Å². The van der Waals surface area contributed by atoms with Gasteiger partial charge in [-0.25, -0.2) is 4.98 Å². The lowest BCUT2D eigenvalue weighted by molar-refractivity contribution is -0.143. The number of hydrogen-bond donors (Lipinski definition) is 1. The smallest absolute Gasteiger partial charge is 0.307 e. The standard InChI is InChI=1S/C14H17N3O2/c18-14(19)11-4-3-6-16(8-11)9-12-10-17-7-2-1-5-13(17)15-12/h1-2,5,7,10-11H,3-4,6,8-9H2,(H,18,19)/t11-/m1/s1. The highest BCUT2D eigenvalue weighted by Gasteiger charge is 2.25. The Kier molecular flexibility index (Phi) is 3.21. The van der Waals surface area contributed by atoms with E-state index >= 15 is 0 Å². The second-order valence-electron chi connectivity index (χ2n) is 5.11. The number of carboxylic acids is 1. The van der Waals surface area contributed by atoms with E-state index in [9.17, 15) is 4.79 Å². The van der Waals surface area contributed by atoms with Crippen LogP contribution in [0.1, 0.15) is 18.5 Å². The number of carbonyl (C=O) groups is 1. The summed E-state index contributed by atoms with van der Waals surface area (Å²) < 4.78 is 1.99. The van der Waals surface area contributed by atoms with Crippen molar-refractivity contribution in [2.24, 2.45) is 5.92 Å². The number of nitrogens with zero attached hydrogens (tertiary/aromatic N) is 3. The molecule has 1 fully saturated rings. The van der Waals surface area contributed by atoms with Crippen molar-refractivity contribution < 1.29 is 9.90 Å². The monoisotopic (exact) mass is 259 g/mol. The van der Waals surface area contributed by atoms with Crippen LogP contribution >= 0.6 is 0 Å². The van der Waals surface area contributed by atoms with E-state index in [1.807, 2.05) is 35.0 Å². The predicted molar refractivity (Wildman–Crippen MR) is 70.8 cm³/mol. The molecule has 1 aliphatic rings. The first-order chi connectivity index (χ1) is 9.22. The molecule has 1 N–H and O–H groups in total. The minimum Gasteiger partial charge on any atom is -0.481 e. The predicted octanol–water partition coefficient (Wildman–Crippen LogP) is 1.63. The molecule has 0 aliphatic carbocycles. The first kappa shape index (κ1) is 12.2. The molecule has 1 atom stereocenters. The molecule has 3 rings (SSSR count). The van der Waals surface area contributed by atoms with Gasteiger partial charge in [0.1, 0.15) is 5.65 Å². The Morgan fingerprint density at radius 2 is 2.37 bits per heavy atom. The van der Waals surface area contributed by atoms with Gasteiger partial charge in [-0.15, -0.1) is 0 Å². The lowest BCUT2D eigenvalue weighted by atomic mass is 9.98. The zero-order valence-electron chi connectivity index (χ0n) is 10.7. The van der Waals surface area contributed by atoms with Crippen LogP contribution in [0.3, 0.4) is 0 Å². The number of fused-ring (bicyclic) bond motifs is 1. The molecule has 2 aromatic heterocycles. The molecule has 0 bridgehead atoms. The van der Waals surface area contributed by atoms with Crippen LogP contribution in [0.4, 0.5) is 0 Å². The molecule has 0 spiro atoms. The van der Waals surface area contributed by atoms with Crippen LogP contribution in [0.25, 0.3) is 5.65 Å². The van der Waals surface area contributed by atoms with E-state index in [0.29, 0.717) is 6.54 Å². The molecule has 2 aromatic rings. The summed E-state index contributed by atoms with van der Waals surface area (Å²) in [7, 11) is 0. The lowest BCUT2D eigenvalue weighted by Gasteiger charge is -2.29. The Bertz CT molecular complexity index is 560. The maximum absolute atomic E-state index is 11.0. The Balaban J connectivity index is 1.72. The SMILES string of the molecule is O=C(O)[C@@H]1CCCN(Cc2cn3ccccc3n2)C1. The molecule has 0 aromatic carbocycles. The van der Waals surface area contributed by atoms with Crippen molar-refractivity contribution in [3.63, 3.8) is 0 Å². The number of aromatic nitrogens is 2. The average Bonchev–Trinajstić information content (AvgIpc) is 2.81. The van der Waals surface area contributed by atoms with Gasteiger partial charge in [-0.2, -0.15) is 0 Å². The first-order valence-corrected chi connectivity index (χ1v) is 6.60. The highest BCUT2D eigenvalue weighted by molar-refractivity contribution is 5.70. The first-order valence-electron chi connectivity index (χ1n) is 6.60. The zero-order valence-corrected chi connectivity index (χ0v) is 10.7. The van der Waals surface area contributed by atoms with Gasteiger partial charge >= 0.3 is 5.97 Å². The fourth-order valence-electron chi connectivity index (χ4n) is 2.69. The Morgan fingerprint density at radius 1 is 1.47 bits per heavy atom. The molecule has 0 unspecified atom stereocenters. The number of likely N-dealkylation sites (tertiary alicyclic amines) is 1. The fourth-order valence-corrected chi connectivity index (χ4v) is 2.69. The van der Waals surface area contributed by atoms with Gasteiger partial charge in [0.05, 0.1) is 11.6 Å². The van der Waals surface area contributed by atoms with Gasteiger partial charge in [-0.05, 0) is 31.5 Å². The highest BCUT2D eigenvalue weighted by atomic mass is 16.4. The van der Waals surface area contributed by atoms with Gasteiger partial charge in [0, 0.05) is 25.5 Å². The minimum absolute atomic E-state index is 0.231. The molecule has 0 saturated carbocycles. The van der Waals surface area contributed by atoms with E-state index in [-0.39, 0.29) is 5.92 Å². The lowest BCUT2D eigenvalue weighted by Crippen LogP contribution is -2.38. The van der Waals surface area contributed by atoms with Crippen LogP contribution in [0, 0.1) is 5.92 Å². The molecule has 0 radical (unpaired) electrons. The summed E-state index contributed by atoms with van der Waals surface area (Å²) in [5, 5.41) is 9.09. The molecule has 5 heteroatoms. The number of aliphatic carboxylic acids is 1. The fraction of sp³-hybridized carbons (Fsp3) is 0.429. The van der Waals surface area contributed by atoms with Crippen molar-refractivity contribution in [1.82, 2.24) is 14.3 Å². The van der Waals surface area contributed by atoms with Crippen molar-refractivity contribution in [2.45, 2.75) is 19.4 Å². The van der Waals surface area contributed by atoms with Gasteiger partial charge in [-0.3, -0.25) is 9.69 Å². The number of imidazole rings is 1. The van der Waals surface area contributed by atoms with E-state index in [1.54, 1.807) is 0 Å². The largest absolute Gasteiger partial charge is 0.481 e. The third-order valence-corrected chi connectivity index (χ3v) is 3.65. The number of carboxylic acid groups (broad SMARTS) is 1. The van der Waals surface area contributed by atoms with E-state index in [0.717, 1.165) is 37.3 Å². The Labute approximate surface area is 111 Å². The quantitative estimate of drug-likeness (QED) is 0.910. The van der Waals surface area contributed by atoms with Crippen LogP contribution in [0.15, 0.2) is 30.6 Å². The number of hydrogen-bond acceptors (Lipinski definition) is 3. The van der Waals surface area contributed by atoms with Crippen LogP contribution < -0.4 is 0 Å². The summed E-state index contributed by atoms with van der Waals surface area (Å²) in [4.78, 5) is 17.8. The third kappa shape index (κ3) is 2.61. The molecule has 1 saturated heterocycles. The van der Waals surface area contributed by atoms with Crippen molar-refractivity contribution in [3.8, 4) is 0 Å². The van der Waals surface area contributed by atoms with Crippen LogP contribution in [-0.2, 0) is 11.3 Å². The molecule has 3 heterocycles. The highest BCUT2D eigenvalue weighted by Crippen LogP contribution is 2.18. The van der Waals surface area contributed by atoms with Gasteiger partial charge < -0.3 is 9.51 Å². The molecular formula is C14H17N3O2. The van der Waals surface area contributed by atoms with Gasteiger partial charge in [-0.1, -0.05) is 6.07 Å². The number of piperidine rings is 1. The minimum atomic E-state index is -0.681. The van der Waals surface area contributed by atoms with E-state index < -0.39 is 5.97 Å². The normalized spacial score (nSPS) is 20.7. The molecule has 0 amide bonds. The summed E-state index contributed by atoms with van der Waals surface area (Å²) in [6.07, 6.45) is 5.73. The molecule has 100 valence electrons. The maximum atomic E-state index is 11.0. The Hall–Kier alpha value is -1.88. The topological polar surface area (TPSA) is 57.8 Å². The van der Waals surface area contributed by atoms with Gasteiger partial charge in [0.2, 0.25) is 0 Å². The molecule has 19 heavy (non-hydrogen) atoms. The van der Waals surface area contributed by atoms with Crippen molar-refractivity contribution in [3.05, 3.63) is 36.3 Å². The van der Waals surface area contributed by atoms with Crippen molar-refractivity contribution >= 4 is 11.6 Å². The van der Waals surface area contributed by atoms with Crippen molar-refractivity contribution in [2.75, 3.05) is 13.1 Å². The Morgan fingerprint density at radius 3 is 3.16 bits per heavy atom. The second kappa shape index (κ2) is 5.01. The maximum Gasteiger partial charge on any atom is 0.307 e. The van der Waals surface area contributed by atoms with Gasteiger partial charge in [0.25, 0.3) is 0 Å². The van der Waals surface area contributed by atoms with Crippen LogP contribution in [0.2, 0.25) is 0 Å². The molecular weight excluding hydrogens is 242 g/mol. The van der Waals surface area contributed by atoms with E-state index in [2.05, 4.69) is 9.88 Å². The summed E-state index contributed by atoms with van der Waals surface area (Å²) in [5.41, 5.74) is 1.93.